The van der Waals surface area contributed by atoms with Crippen molar-refractivity contribution in [3.05, 3.63) is 5.21 Å². The first-order chi connectivity index (χ1) is 13.4. The van der Waals surface area contributed by atoms with Gasteiger partial charge in [0, 0.05) is 12.0 Å². The largest absolute Gasteiger partial charge is 0.783 e. The van der Waals surface area contributed by atoms with Crippen LogP contribution in [0.1, 0.15) is 117 Å². The molecule has 0 amide bonds. The Hall–Kier alpha value is -0.650. The van der Waals surface area contributed by atoms with E-state index < -0.39 is 11.3 Å². The molecule has 1 atom stereocenters. The Morgan fingerprint density at radius 1 is 0.929 bits per heavy atom. The van der Waals surface area contributed by atoms with E-state index in [9.17, 15) is 10.0 Å². The van der Waals surface area contributed by atoms with Crippen LogP contribution in [0.4, 0.5) is 0 Å². The third kappa shape index (κ3) is 8.79. The Morgan fingerprint density at radius 3 is 1.89 bits per heavy atom. The van der Waals surface area contributed by atoms with Crippen molar-refractivity contribution < 1.29 is 14.3 Å². The minimum atomic E-state index is -0.612. The van der Waals surface area contributed by atoms with Crippen LogP contribution in [0.15, 0.2) is 0 Å². The normalized spacial score (nSPS) is 21.9. The summed E-state index contributed by atoms with van der Waals surface area (Å²) in [4.78, 5) is 11.1. The number of carbonyl (C=O) groups excluding carboxylic acids is 1. The molecule has 1 aliphatic heterocycles. The second-order valence-corrected chi connectivity index (χ2v) is 9.06. The van der Waals surface area contributed by atoms with Crippen LogP contribution >= 0.6 is 0 Å². The minimum absolute atomic E-state index is 0.117. The van der Waals surface area contributed by atoms with E-state index in [1.807, 2.05) is 13.8 Å². The first kappa shape index (κ1) is 25.4. The second kappa shape index (κ2) is 13.6. The second-order valence-electron chi connectivity index (χ2n) is 9.06. The summed E-state index contributed by atoms with van der Waals surface area (Å²) < 4.78 is 10.8. The highest BCUT2D eigenvalue weighted by Crippen LogP contribution is 2.41. The molecule has 1 rings (SSSR count). The first-order valence-corrected chi connectivity index (χ1v) is 11.6. The third-order valence-electron chi connectivity index (χ3n) is 5.96. The molecule has 0 bridgehead atoms. The molecule has 0 aromatic rings. The van der Waals surface area contributed by atoms with Gasteiger partial charge >= 0.3 is 5.97 Å². The standard InChI is InChI=1S/C23H44NO4/c1-5-6-7-8-12-15-18-23(24(26)22(2,3)20-28-23)19-16-13-10-9-11-14-17-21(25)27-4/h5-20H2,1-4H3/q-1. The van der Waals surface area contributed by atoms with Crippen LogP contribution in [0.3, 0.4) is 0 Å². The average Bonchev–Trinajstić information content (AvgIpc) is 2.90. The fourth-order valence-corrected chi connectivity index (χ4v) is 4.11. The highest BCUT2D eigenvalue weighted by Gasteiger charge is 2.45. The number of rotatable bonds is 16. The highest BCUT2D eigenvalue weighted by molar-refractivity contribution is 5.68. The third-order valence-corrected chi connectivity index (χ3v) is 5.96. The quantitative estimate of drug-likeness (QED) is 0.224. The van der Waals surface area contributed by atoms with Crippen LogP contribution in [-0.4, -0.2) is 36.0 Å². The van der Waals surface area contributed by atoms with Crippen molar-refractivity contribution in [1.29, 1.82) is 0 Å². The molecule has 166 valence electrons. The lowest BCUT2D eigenvalue weighted by molar-refractivity contribution is -0.140. The zero-order valence-corrected chi connectivity index (χ0v) is 18.9. The Morgan fingerprint density at radius 2 is 1.43 bits per heavy atom. The van der Waals surface area contributed by atoms with Crippen molar-refractivity contribution in [2.75, 3.05) is 13.7 Å². The predicted octanol–water partition coefficient (Wildman–Crippen LogP) is 6.34. The maximum absolute atomic E-state index is 13.0. The van der Waals surface area contributed by atoms with Crippen molar-refractivity contribution >= 4 is 5.97 Å². The molecule has 0 N–H and O–H groups in total. The van der Waals surface area contributed by atoms with Crippen LogP contribution in [-0.2, 0) is 14.3 Å². The summed E-state index contributed by atoms with van der Waals surface area (Å²) in [5.41, 5.74) is -1.03. The molecule has 0 spiro atoms. The molecule has 0 aromatic heterocycles. The van der Waals surface area contributed by atoms with Crippen molar-refractivity contribution in [1.82, 2.24) is 5.06 Å². The SMILES string of the molecule is CCCCCCCCC1(CCCCCCCCC(=O)OC)OCC(C)(C)N1[O-]. The molecule has 28 heavy (non-hydrogen) atoms. The van der Waals surface area contributed by atoms with Crippen LogP contribution in [0, 0.1) is 5.21 Å². The summed E-state index contributed by atoms with van der Waals surface area (Å²) in [6.45, 7) is 6.74. The Bertz CT molecular complexity index is 427. The number of esters is 1. The molecule has 0 aliphatic carbocycles. The van der Waals surface area contributed by atoms with Gasteiger partial charge in [0.2, 0.25) is 0 Å². The summed E-state index contributed by atoms with van der Waals surface area (Å²) >= 11 is 0. The van der Waals surface area contributed by atoms with E-state index in [4.69, 9.17) is 4.74 Å². The Balaban J connectivity index is 2.30. The van der Waals surface area contributed by atoms with Gasteiger partial charge in [0.1, 0.15) is 5.72 Å². The van der Waals surface area contributed by atoms with Crippen molar-refractivity contribution in [2.24, 2.45) is 0 Å². The van der Waals surface area contributed by atoms with E-state index in [2.05, 4.69) is 11.7 Å². The van der Waals surface area contributed by atoms with Gasteiger partial charge in [0.25, 0.3) is 0 Å². The maximum Gasteiger partial charge on any atom is 0.305 e. The molecule has 1 heterocycles. The van der Waals surface area contributed by atoms with Crippen molar-refractivity contribution in [2.45, 2.75) is 128 Å². The zero-order valence-electron chi connectivity index (χ0n) is 18.9. The fourth-order valence-electron chi connectivity index (χ4n) is 4.11. The molecule has 0 saturated carbocycles. The summed E-state index contributed by atoms with van der Waals surface area (Å²) in [5, 5.41) is 14.2. The van der Waals surface area contributed by atoms with Gasteiger partial charge in [0.15, 0.2) is 0 Å². The van der Waals surface area contributed by atoms with E-state index in [1.165, 1.54) is 44.3 Å². The number of ether oxygens (including phenoxy) is 2. The number of nitrogens with zero attached hydrogens (tertiary/aromatic N) is 1. The average molecular weight is 399 g/mol. The monoisotopic (exact) mass is 398 g/mol. The number of methoxy groups -OCH3 is 1. The van der Waals surface area contributed by atoms with E-state index >= 15 is 0 Å². The van der Waals surface area contributed by atoms with Gasteiger partial charge < -0.3 is 19.7 Å². The predicted molar refractivity (Wildman–Crippen MR) is 115 cm³/mol. The summed E-state index contributed by atoms with van der Waals surface area (Å²) in [7, 11) is 1.44. The lowest BCUT2D eigenvalue weighted by atomic mass is 9.95. The van der Waals surface area contributed by atoms with Crippen LogP contribution < -0.4 is 0 Å². The number of hydrogen-bond acceptors (Lipinski definition) is 5. The van der Waals surface area contributed by atoms with Crippen LogP contribution in [0.25, 0.3) is 0 Å². The molecular formula is C23H44NO4-. The molecule has 5 nitrogen and oxygen atoms in total. The smallest absolute Gasteiger partial charge is 0.305 e. The minimum Gasteiger partial charge on any atom is -0.783 e. The van der Waals surface area contributed by atoms with Gasteiger partial charge in [0.05, 0.1) is 13.7 Å². The van der Waals surface area contributed by atoms with Crippen LogP contribution in [0.5, 0.6) is 0 Å². The summed E-state index contributed by atoms with van der Waals surface area (Å²) in [6, 6.07) is 0. The van der Waals surface area contributed by atoms with Gasteiger partial charge in [-0.3, -0.25) is 4.79 Å². The molecule has 1 aliphatic rings. The Kier molecular flexibility index (Phi) is 12.3. The van der Waals surface area contributed by atoms with Gasteiger partial charge in [-0.05, 0) is 46.0 Å². The topological polar surface area (TPSA) is 61.8 Å². The molecular weight excluding hydrogens is 354 g/mol. The van der Waals surface area contributed by atoms with E-state index in [0.29, 0.717) is 13.0 Å². The van der Waals surface area contributed by atoms with Gasteiger partial charge in [-0.1, -0.05) is 64.7 Å². The van der Waals surface area contributed by atoms with Gasteiger partial charge in [-0.25, -0.2) is 0 Å². The molecule has 1 fully saturated rings. The lowest BCUT2D eigenvalue weighted by Crippen LogP contribution is -2.48. The molecule has 0 aromatic carbocycles. The summed E-state index contributed by atoms with van der Waals surface area (Å²) in [6.07, 6.45) is 16.0. The Labute approximate surface area is 173 Å². The molecule has 1 unspecified atom stereocenters. The van der Waals surface area contributed by atoms with E-state index in [-0.39, 0.29) is 5.97 Å². The highest BCUT2D eigenvalue weighted by atomic mass is 16.6. The number of unbranched alkanes of at least 4 members (excludes halogenated alkanes) is 10. The van der Waals surface area contributed by atoms with Crippen LogP contribution in [0.2, 0.25) is 0 Å². The lowest BCUT2D eigenvalue weighted by Gasteiger charge is -2.48. The number of hydroxylamine groups is 2. The molecule has 1 saturated heterocycles. The van der Waals surface area contributed by atoms with Gasteiger partial charge in [-0.15, -0.1) is 0 Å². The number of carbonyl (C=O) groups is 1. The van der Waals surface area contributed by atoms with Crippen molar-refractivity contribution in [3.63, 3.8) is 0 Å². The van der Waals surface area contributed by atoms with E-state index in [0.717, 1.165) is 57.8 Å². The maximum atomic E-state index is 13.0. The van der Waals surface area contributed by atoms with E-state index in [1.54, 1.807) is 0 Å². The molecule has 0 radical (unpaired) electrons. The number of hydrogen-bond donors (Lipinski definition) is 0. The summed E-state index contributed by atoms with van der Waals surface area (Å²) in [5.74, 6) is -0.117. The fraction of sp³-hybridized carbons (Fsp3) is 0.957. The molecule has 5 heteroatoms. The zero-order chi connectivity index (χ0) is 20.9. The van der Waals surface area contributed by atoms with Gasteiger partial charge in [-0.2, -0.15) is 0 Å². The first-order valence-electron chi connectivity index (χ1n) is 11.6. The van der Waals surface area contributed by atoms with Crippen molar-refractivity contribution in [3.8, 4) is 0 Å².